The van der Waals surface area contributed by atoms with Crippen LogP contribution in [0, 0.1) is 6.07 Å². The molecule has 0 saturated carbocycles. The summed E-state index contributed by atoms with van der Waals surface area (Å²) >= 11 is 0. The van der Waals surface area contributed by atoms with Gasteiger partial charge in [-0.05, 0) is 23.6 Å². The van der Waals surface area contributed by atoms with Gasteiger partial charge < -0.3 is 4.84 Å². The molecule has 2 aromatic rings. The Bertz CT molecular complexity index is 505. The Balaban J connectivity index is 2.01. The second-order valence-electron chi connectivity index (χ2n) is 4.34. The van der Waals surface area contributed by atoms with Crippen molar-refractivity contribution in [2.75, 3.05) is 0 Å². The zero-order valence-electron chi connectivity index (χ0n) is 11.2. The Hall–Kier alpha value is -2.09. The Morgan fingerprint density at radius 1 is 1.11 bits per heavy atom. The highest BCUT2D eigenvalue weighted by molar-refractivity contribution is 6.00. The largest absolute Gasteiger partial charge is 0.391 e. The second-order valence-corrected chi connectivity index (χ2v) is 4.34. The maximum absolute atomic E-state index is 5.47. The van der Waals surface area contributed by atoms with Crippen LogP contribution in [0.3, 0.4) is 0 Å². The molecule has 0 heterocycles. The minimum absolute atomic E-state index is 0.507. The fourth-order valence-electron chi connectivity index (χ4n) is 1.82. The first-order chi connectivity index (χ1) is 9.40. The van der Waals surface area contributed by atoms with Gasteiger partial charge in [0.2, 0.25) is 0 Å². The van der Waals surface area contributed by atoms with E-state index in [1.165, 1.54) is 0 Å². The molecule has 2 aromatic carbocycles. The molecule has 0 spiro atoms. The quantitative estimate of drug-likeness (QED) is 0.557. The summed E-state index contributed by atoms with van der Waals surface area (Å²) in [7, 11) is 0. The average molecular weight is 252 g/mol. The van der Waals surface area contributed by atoms with Gasteiger partial charge in [-0.15, -0.1) is 0 Å². The normalized spacial score (nSPS) is 11.3. The van der Waals surface area contributed by atoms with Crippen molar-refractivity contribution in [1.82, 2.24) is 0 Å². The Labute approximate surface area is 114 Å². The predicted molar refractivity (Wildman–Crippen MR) is 78.0 cm³/mol. The summed E-state index contributed by atoms with van der Waals surface area (Å²) in [5.74, 6) is 0. The van der Waals surface area contributed by atoms with Gasteiger partial charge in [-0.3, -0.25) is 0 Å². The molecule has 97 valence electrons. The van der Waals surface area contributed by atoms with E-state index in [9.17, 15) is 0 Å². The summed E-state index contributed by atoms with van der Waals surface area (Å²) in [6.45, 7) is 2.65. The Kier molecular flexibility index (Phi) is 5.17. The van der Waals surface area contributed by atoms with Crippen molar-refractivity contribution in [3.63, 3.8) is 0 Å². The van der Waals surface area contributed by atoms with Crippen LogP contribution in [0.15, 0.2) is 59.8 Å². The molecule has 0 N–H and O–H groups in total. The van der Waals surface area contributed by atoms with Crippen molar-refractivity contribution < 1.29 is 4.84 Å². The smallest absolute Gasteiger partial charge is 0.142 e. The Morgan fingerprint density at radius 3 is 2.53 bits per heavy atom. The summed E-state index contributed by atoms with van der Waals surface area (Å²) in [6.07, 6.45) is 1.96. The zero-order valence-corrected chi connectivity index (χ0v) is 11.2. The van der Waals surface area contributed by atoms with Crippen LogP contribution in [-0.2, 0) is 11.4 Å². The molecule has 0 aromatic heterocycles. The lowest BCUT2D eigenvalue weighted by molar-refractivity contribution is 0.130. The molecule has 0 aliphatic rings. The number of nitrogens with zero attached hydrogens (tertiary/aromatic N) is 1. The van der Waals surface area contributed by atoms with E-state index >= 15 is 0 Å². The molecule has 0 atom stereocenters. The number of hydrogen-bond donors (Lipinski definition) is 0. The van der Waals surface area contributed by atoms with Gasteiger partial charge in [0.15, 0.2) is 0 Å². The standard InChI is InChI=1S/C17H18NO/c1-2-9-17(16-12-7-4-8-13-16)18-19-14-15-10-5-3-6-11-15/h3,5-8,10-13H,2,9,14H2,1H3. The molecule has 19 heavy (non-hydrogen) atoms. The van der Waals surface area contributed by atoms with Crippen molar-refractivity contribution in [2.24, 2.45) is 5.16 Å². The van der Waals surface area contributed by atoms with Crippen LogP contribution in [0.1, 0.15) is 30.9 Å². The molecule has 1 radical (unpaired) electrons. The minimum Gasteiger partial charge on any atom is -0.391 e. The van der Waals surface area contributed by atoms with Crippen LogP contribution in [-0.4, -0.2) is 5.71 Å². The molecular weight excluding hydrogens is 234 g/mol. The molecule has 0 aliphatic carbocycles. The summed E-state index contributed by atoms with van der Waals surface area (Å²) < 4.78 is 0. The van der Waals surface area contributed by atoms with Crippen molar-refractivity contribution in [2.45, 2.75) is 26.4 Å². The maximum Gasteiger partial charge on any atom is 0.142 e. The summed E-state index contributed by atoms with van der Waals surface area (Å²) in [5, 5.41) is 4.28. The van der Waals surface area contributed by atoms with Gasteiger partial charge in [0.1, 0.15) is 6.61 Å². The first-order valence-corrected chi connectivity index (χ1v) is 6.59. The van der Waals surface area contributed by atoms with E-state index in [1.807, 2.05) is 54.6 Å². The lowest BCUT2D eigenvalue weighted by Gasteiger charge is -2.06. The van der Waals surface area contributed by atoms with E-state index in [2.05, 4.69) is 18.1 Å². The monoisotopic (exact) mass is 252 g/mol. The fourth-order valence-corrected chi connectivity index (χ4v) is 1.82. The van der Waals surface area contributed by atoms with Gasteiger partial charge in [0, 0.05) is 0 Å². The van der Waals surface area contributed by atoms with Gasteiger partial charge in [0.05, 0.1) is 5.71 Å². The summed E-state index contributed by atoms with van der Waals surface area (Å²) in [4.78, 5) is 5.47. The van der Waals surface area contributed by atoms with E-state index in [-0.39, 0.29) is 0 Å². The van der Waals surface area contributed by atoms with Crippen molar-refractivity contribution in [3.05, 3.63) is 71.8 Å². The maximum atomic E-state index is 5.47. The lowest BCUT2D eigenvalue weighted by atomic mass is 10.1. The van der Waals surface area contributed by atoms with E-state index in [1.54, 1.807) is 0 Å². The molecule has 2 rings (SSSR count). The first-order valence-electron chi connectivity index (χ1n) is 6.59. The SMILES string of the molecule is CCCC(=NOCc1ccccc1)c1cc[c]cc1. The van der Waals surface area contributed by atoms with Crippen molar-refractivity contribution in [3.8, 4) is 0 Å². The number of hydrogen-bond acceptors (Lipinski definition) is 2. The fraction of sp³-hybridized carbons (Fsp3) is 0.235. The highest BCUT2D eigenvalue weighted by atomic mass is 16.6. The molecule has 0 bridgehead atoms. The van der Waals surface area contributed by atoms with Gasteiger partial charge >= 0.3 is 0 Å². The highest BCUT2D eigenvalue weighted by Gasteiger charge is 2.02. The molecule has 2 heteroatoms. The lowest BCUT2D eigenvalue weighted by Crippen LogP contribution is -2.01. The van der Waals surface area contributed by atoms with Crippen LogP contribution < -0.4 is 0 Å². The minimum atomic E-state index is 0.507. The van der Waals surface area contributed by atoms with Crippen LogP contribution in [0.5, 0.6) is 0 Å². The van der Waals surface area contributed by atoms with Crippen molar-refractivity contribution in [1.29, 1.82) is 0 Å². The molecule has 0 saturated heterocycles. The number of benzene rings is 2. The molecule has 0 unspecified atom stereocenters. The van der Waals surface area contributed by atoms with Crippen LogP contribution in [0.2, 0.25) is 0 Å². The van der Waals surface area contributed by atoms with Crippen molar-refractivity contribution >= 4 is 5.71 Å². The van der Waals surface area contributed by atoms with E-state index in [0.29, 0.717) is 6.61 Å². The van der Waals surface area contributed by atoms with E-state index in [4.69, 9.17) is 4.84 Å². The molecule has 0 amide bonds. The van der Waals surface area contributed by atoms with Crippen LogP contribution >= 0.6 is 0 Å². The Morgan fingerprint density at radius 2 is 1.84 bits per heavy atom. The van der Waals surface area contributed by atoms with Gasteiger partial charge in [0.25, 0.3) is 0 Å². The highest BCUT2D eigenvalue weighted by Crippen LogP contribution is 2.08. The van der Waals surface area contributed by atoms with E-state index < -0.39 is 0 Å². The zero-order chi connectivity index (χ0) is 13.3. The number of rotatable bonds is 6. The molecule has 2 nitrogen and oxygen atoms in total. The number of oxime groups is 1. The van der Waals surface area contributed by atoms with Crippen LogP contribution in [0.25, 0.3) is 0 Å². The molecule has 0 aliphatic heterocycles. The van der Waals surface area contributed by atoms with Crippen LogP contribution in [0.4, 0.5) is 0 Å². The third-order valence-corrected chi connectivity index (χ3v) is 2.79. The van der Waals surface area contributed by atoms with Gasteiger partial charge in [-0.1, -0.05) is 73.1 Å². The average Bonchev–Trinajstić information content (AvgIpc) is 2.48. The first kappa shape index (κ1) is 13.3. The van der Waals surface area contributed by atoms with Gasteiger partial charge in [-0.25, -0.2) is 0 Å². The van der Waals surface area contributed by atoms with Gasteiger partial charge in [-0.2, -0.15) is 0 Å². The third kappa shape index (κ3) is 4.25. The molecular formula is C17H18NO. The molecule has 0 fully saturated rings. The second kappa shape index (κ2) is 7.37. The summed E-state index contributed by atoms with van der Waals surface area (Å²) in [6, 6.07) is 20.9. The topological polar surface area (TPSA) is 21.6 Å². The predicted octanol–water partition coefficient (Wildman–Crippen LogP) is 4.21. The van der Waals surface area contributed by atoms with E-state index in [0.717, 1.165) is 29.7 Å². The summed E-state index contributed by atoms with van der Waals surface area (Å²) in [5.41, 5.74) is 3.23. The third-order valence-electron chi connectivity index (χ3n) is 2.79.